The Morgan fingerprint density at radius 2 is 1.97 bits per heavy atom. The molecule has 1 aromatic heterocycles. The SMILES string of the molecule is CC(=O)O[C@H]1[C@H]2O[C@]23[C@@H]2CC[C@H]4C[C@@H](O)CC[C@]4(C)[C@H]2[C@H](O)C[C@]3(C)[C@H]1c1ccc(=O)oc1. The van der Waals surface area contributed by atoms with Crippen LogP contribution in [0.2, 0.25) is 0 Å². The highest BCUT2D eigenvalue weighted by Gasteiger charge is 2.85. The average molecular weight is 459 g/mol. The molecule has 4 saturated carbocycles. The number of aliphatic hydroxyl groups is 2. The maximum absolute atomic E-state index is 12.1. The van der Waals surface area contributed by atoms with Crippen LogP contribution in [0, 0.1) is 28.6 Å². The third-order valence-corrected chi connectivity index (χ3v) is 10.4. The van der Waals surface area contributed by atoms with Crippen LogP contribution in [-0.2, 0) is 14.3 Å². The molecule has 33 heavy (non-hydrogen) atoms. The number of carbonyl (C=O) groups excluding carboxylic acids is 1. The van der Waals surface area contributed by atoms with Crippen LogP contribution in [0.3, 0.4) is 0 Å². The van der Waals surface area contributed by atoms with Gasteiger partial charge < -0.3 is 24.1 Å². The third kappa shape index (κ3) is 2.73. The fourth-order valence-electron chi connectivity index (χ4n) is 9.21. The summed E-state index contributed by atoms with van der Waals surface area (Å²) >= 11 is 0. The van der Waals surface area contributed by atoms with Gasteiger partial charge in [-0.1, -0.05) is 13.8 Å². The molecule has 0 aromatic carbocycles. The van der Waals surface area contributed by atoms with E-state index in [1.807, 2.05) is 0 Å². The van der Waals surface area contributed by atoms with Gasteiger partial charge in [-0.3, -0.25) is 4.79 Å². The zero-order valence-corrected chi connectivity index (χ0v) is 19.5. The molecule has 5 fully saturated rings. The summed E-state index contributed by atoms with van der Waals surface area (Å²) in [7, 11) is 0. The van der Waals surface area contributed by atoms with E-state index in [1.165, 1.54) is 19.3 Å². The van der Waals surface area contributed by atoms with Gasteiger partial charge in [-0.2, -0.15) is 0 Å². The lowest BCUT2D eigenvalue weighted by atomic mass is 9.43. The summed E-state index contributed by atoms with van der Waals surface area (Å²) in [6, 6.07) is 3.17. The summed E-state index contributed by atoms with van der Waals surface area (Å²) in [5.74, 6) is 0.0712. The molecule has 4 aliphatic carbocycles. The van der Waals surface area contributed by atoms with Crippen molar-refractivity contribution in [2.24, 2.45) is 28.6 Å². The van der Waals surface area contributed by atoms with E-state index in [9.17, 15) is 19.8 Å². The van der Waals surface area contributed by atoms with Crippen molar-refractivity contribution < 1.29 is 28.9 Å². The van der Waals surface area contributed by atoms with Crippen LogP contribution in [0.1, 0.15) is 70.8 Å². The van der Waals surface area contributed by atoms with Crippen LogP contribution in [0.4, 0.5) is 0 Å². The molecule has 0 bridgehead atoms. The molecule has 0 amide bonds. The van der Waals surface area contributed by atoms with E-state index in [-0.39, 0.29) is 41.3 Å². The molecule has 11 atom stereocenters. The highest BCUT2D eigenvalue weighted by molar-refractivity contribution is 5.66. The number of carbonyl (C=O) groups is 1. The molecule has 6 rings (SSSR count). The van der Waals surface area contributed by atoms with Gasteiger partial charge in [-0.25, -0.2) is 4.79 Å². The van der Waals surface area contributed by atoms with Gasteiger partial charge in [-0.05, 0) is 73.3 Å². The normalized spacial score (nSPS) is 52.2. The second kappa shape index (κ2) is 6.92. The highest BCUT2D eigenvalue weighted by Crippen LogP contribution is 2.78. The zero-order chi connectivity index (χ0) is 23.3. The molecule has 7 nitrogen and oxygen atoms in total. The van der Waals surface area contributed by atoms with Crippen molar-refractivity contribution >= 4 is 5.97 Å². The van der Waals surface area contributed by atoms with Crippen LogP contribution in [0.15, 0.2) is 27.6 Å². The number of rotatable bonds is 2. The van der Waals surface area contributed by atoms with Crippen molar-refractivity contribution in [3.63, 3.8) is 0 Å². The summed E-state index contributed by atoms with van der Waals surface area (Å²) < 4.78 is 17.7. The molecule has 0 radical (unpaired) electrons. The zero-order valence-electron chi connectivity index (χ0n) is 19.5. The van der Waals surface area contributed by atoms with Crippen molar-refractivity contribution in [2.45, 2.75) is 95.2 Å². The smallest absolute Gasteiger partial charge is 0.335 e. The van der Waals surface area contributed by atoms with Crippen LogP contribution < -0.4 is 5.63 Å². The molecular formula is C26H34O7. The Kier molecular flexibility index (Phi) is 4.57. The van der Waals surface area contributed by atoms with E-state index in [2.05, 4.69) is 13.8 Å². The standard InChI is InChI=1S/C26H34O7/c1-13(27)32-22-20(14-4-7-19(30)31-12-14)25(3)11-18(29)21-17(26(25)23(22)33-26)6-5-15-10-16(28)8-9-24(15,21)2/h4,7,12,15-18,20-23,28-29H,5-6,8-11H2,1-3H3/t15-,16-,17+,18+,20-,21+,22+,23+,24-,25+,26+/m0/s1. The lowest BCUT2D eigenvalue weighted by molar-refractivity contribution is -0.191. The lowest BCUT2D eigenvalue weighted by Gasteiger charge is -2.62. The largest absolute Gasteiger partial charge is 0.459 e. The predicted octanol–water partition coefficient (Wildman–Crippen LogP) is 2.77. The van der Waals surface area contributed by atoms with Crippen LogP contribution in [0.25, 0.3) is 0 Å². The van der Waals surface area contributed by atoms with Gasteiger partial charge in [-0.15, -0.1) is 0 Å². The van der Waals surface area contributed by atoms with Crippen LogP contribution in [0.5, 0.6) is 0 Å². The van der Waals surface area contributed by atoms with E-state index in [0.717, 1.165) is 37.7 Å². The van der Waals surface area contributed by atoms with E-state index < -0.39 is 28.8 Å². The van der Waals surface area contributed by atoms with Gasteiger partial charge >= 0.3 is 11.6 Å². The minimum absolute atomic E-state index is 0.0390. The molecule has 0 unspecified atom stereocenters. The Labute approximate surface area is 193 Å². The summed E-state index contributed by atoms with van der Waals surface area (Å²) in [5, 5.41) is 22.0. The summed E-state index contributed by atoms with van der Waals surface area (Å²) in [4.78, 5) is 23.7. The first-order chi connectivity index (χ1) is 15.6. The Balaban J connectivity index is 1.44. The minimum Gasteiger partial charge on any atom is -0.459 e. The van der Waals surface area contributed by atoms with E-state index in [0.29, 0.717) is 12.3 Å². The monoisotopic (exact) mass is 458 g/mol. The molecule has 1 aromatic rings. The Bertz CT molecular complexity index is 1020. The molecule has 1 spiro atoms. The van der Waals surface area contributed by atoms with Gasteiger partial charge in [0.1, 0.15) is 17.8 Å². The second-order valence-corrected chi connectivity index (χ2v) is 11.8. The molecular weight excluding hydrogens is 424 g/mol. The van der Waals surface area contributed by atoms with Gasteiger partial charge in [0.05, 0.1) is 18.5 Å². The molecule has 2 N–H and O–H groups in total. The number of ether oxygens (including phenoxy) is 2. The molecule has 5 aliphatic rings. The van der Waals surface area contributed by atoms with Crippen LogP contribution in [-0.4, -0.2) is 46.2 Å². The first-order valence-electron chi connectivity index (χ1n) is 12.4. The number of hydrogen-bond donors (Lipinski definition) is 2. The van der Waals surface area contributed by atoms with Crippen molar-refractivity contribution in [1.29, 1.82) is 0 Å². The highest BCUT2D eigenvalue weighted by atomic mass is 16.7. The topological polar surface area (TPSA) is 110 Å². The summed E-state index contributed by atoms with van der Waals surface area (Å²) in [6.45, 7) is 5.88. The molecule has 1 saturated heterocycles. The summed E-state index contributed by atoms with van der Waals surface area (Å²) in [6.07, 6.45) is 5.00. The maximum atomic E-state index is 12.1. The van der Waals surface area contributed by atoms with Crippen molar-refractivity contribution in [1.82, 2.24) is 0 Å². The van der Waals surface area contributed by atoms with E-state index in [1.54, 1.807) is 6.07 Å². The van der Waals surface area contributed by atoms with Gasteiger partial charge in [0.15, 0.2) is 0 Å². The molecule has 1 aliphatic heterocycles. The van der Waals surface area contributed by atoms with Crippen molar-refractivity contribution in [3.05, 3.63) is 34.4 Å². The fraction of sp³-hybridized carbons (Fsp3) is 0.769. The van der Waals surface area contributed by atoms with Gasteiger partial charge in [0, 0.05) is 24.3 Å². The lowest BCUT2D eigenvalue weighted by Crippen LogP contribution is -2.63. The number of epoxide rings is 1. The third-order valence-electron chi connectivity index (χ3n) is 10.4. The molecule has 2 heterocycles. The minimum atomic E-state index is -0.507. The number of aliphatic hydroxyl groups excluding tert-OH is 2. The van der Waals surface area contributed by atoms with E-state index in [4.69, 9.17) is 13.9 Å². The van der Waals surface area contributed by atoms with E-state index >= 15 is 0 Å². The number of esters is 1. The predicted molar refractivity (Wildman–Crippen MR) is 117 cm³/mol. The Hall–Kier alpha value is -1.70. The first kappa shape index (κ1) is 21.8. The van der Waals surface area contributed by atoms with Gasteiger partial charge in [0.25, 0.3) is 0 Å². The Morgan fingerprint density at radius 3 is 2.67 bits per heavy atom. The quantitative estimate of drug-likeness (QED) is 0.518. The van der Waals surface area contributed by atoms with Crippen molar-refractivity contribution in [2.75, 3.05) is 0 Å². The maximum Gasteiger partial charge on any atom is 0.335 e. The fourth-order valence-corrected chi connectivity index (χ4v) is 9.21. The summed E-state index contributed by atoms with van der Waals surface area (Å²) in [5.41, 5.74) is -0.582. The first-order valence-corrected chi connectivity index (χ1v) is 12.4. The average Bonchev–Trinajstić information content (AvgIpc) is 3.45. The number of hydrogen-bond acceptors (Lipinski definition) is 7. The van der Waals surface area contributed by atoms with Crippen LogP contribution >= 0.6 is 0 Å². The Morgan fingerprint density at radius 1 is 1.18 bits per heavy atom. The molecule has 7 heteroatoms. The van der Waals surface area contributed by atoms with Crippen molar-refractivity contribution in [3.8, 4) is 0 Å². The molecule has 180 valence electrons. The van der Waals surface area contributed by atoms with Gasteiger partial charge in [0.2, 0.25) is 0 Å². The second-order valence-electron chi connectivity index (χ2n) is 11.8. The number of fused-ring (bicyclic) bond motifs is 3.